The molecule has 2 atom stereocenters. The molecule has 130 valence electrons. The molecule has 1 fully saturated rings. The summed E-state index contributed by atoms with van der Waals surface area (Å²) in [6.07, 6.45) is 3.89. The first-order chi connectivity index (χ1) is 11.6. The molecule has 1 aliphatic rings. The van der Waals surface area contributed by atoms with Gasteiger partial charge in [0.25, 0.3) is 0 Å². The van der Waals surface area contributed by atoms with Gasteiger partial charge in [0.1, 0.15) is 11.9 Å². The van der Waals surface area contributed by atoms with Crippen molar-refractivity contribution in [3.8, 4) is 11.8 Å². The summed E-state index contributed by atoms with van der Waals surface area (Å²) in [5.41, 5.74) is 0. The number of hydrogen-bond donors (Lipinski definition) is 2. The van der Waals surface area contributed by atoms with Gasteiger partial charge in [-0.25, -0.2) is 0 Å². The molecule has 0 aliphatic carbocycles. The maximum Gasteiger partial charge on any atom is 0.388 e. The van der Waals surface area contributed by atoms with Gasteiger partial charge in [0, 0.05) is 18.6 Å². The topological polar surface area (TPSA) is 94.2 Å². The van der Waals surface area contributed by atoms with Crippen LogP contribution in [-0.2, 0) is 4.74 Å². The summed E-state index contributed by atoms with van der Waals surface area (Å²) in [5.74, 6) is 1.19. The molecule has 10 heteroatoms. The third kappa shape index (κ3) is 4.28. The maximum absolute atomic E-state index is 12.1. The summed E-state index contributed by atoms with van der Waals surface area (Å²) in [6, 6.07) is 1.29. The van der Waals surface area contributed by atoms with E-state index >= 15 is 0 Å². The van der Waals surface area contributed by atoms with Gasteiger partial charge >= 0.3 is 6.61 Å². The van der Waals surface area contributed by atoms with Crippen molar-refractivity contribution in [3.05, 3.63) is 18.5 Å². The highest BCUT2D eigenvalue weighted by atomic mass is 19.3. The Morgan fingerprint density at radius 1 is 1.33 bits per heavy atom. The van der Waals surface area contributed by atoms with Gasteiger partial charge in [-0.15, -0.1) is 5.10 Å². The van der Waals surface area contributed by atoms with Crippen molar-refractivity contribution in [2.75, 3.05) is 18.5 Å². The van der Waals surface area contributed by atoms with Crippen LogP contribution in [0.3, 0.4) is 0 Å². The average Bonchev–Trinajstić information content (AvgIpc) is 3.19. The first kappa shape index (κ1) is 16.4. The lowest BCUT2D eigenvalue weighted by Crippen LogP contribution is -2.24. The van der Waals surface area contributed by atoms with E-state index < -0.39 is 6.61 Å². The number of hydrogen-bond acceptors (Lipinski definition) is 7. The van der Waals surface area contributed by atoms with E-state index in [2.05, 4.69) is 30.2 Å². The van der Waals surface area contributed by atoms with E-state index in [-0.39, 0.29) is 12.0 Å². The van der Waals surface area contributed by atoms with Gasteiger partial charge in [-0.3, -0.25) is 10.1 Å². The molecule has 2 N–H and O–H groups in total. The largest absolute Gasteiger partial charge is 0.473 e. The molecule has 3 heterocycles. The second kappa shape index (κ2) is 7.39. The van der Waals surface area contributed by atoms with Gasteiger partial charge in [-0.05, 0) is 13.3 Å². The van der Waals surface area contributed by atoms with Gasteiger partial charge in [0.05, 0.1) is 19.0 Å². The molecule has 3 rings (SSSR count). The van der Waals surface area contributed by atoms with E-state index in [9.17, 15) is 8.78 Å². The lowest BCUT2D eigenvalue weighted by atomic mass is 10.0. The average molecular weight is 341 g/mol. The number of H-pyrrole nitrogens is 1. The van der Waals surface area contributed by atoms with Crippen LogP contribution in [0, 0.1) is 5.92 Å². The van der Waals surface area contributed by atoms with Crippen molar-refractivity contribution in [2.24, 2.45) is 5.92 Å². The van der Waals surface area contributed by atoms with Crippen LogP contribution >= 0.6 is 0 Å². The first-order valence-electron chi connectivity index (χ1n) is 7.44. The number of aromatic nitrogens is 4. The fourth-order valence-corrected chi connectivity index (χ4v) is 2.33. The molecule has 0 bridgehead atoms. The summed E-state index contributed by atoms with van der Waals surface area (Å²) in [7, 11) is 0. The van der Waals surface area contributed by atoms with Crippen molar-refractivity contribution in [1.29, 1.82) is 0 Å². The van der Waals surface area contributed by atoms with E-state index in [1.54, 1.807) is 0 Å². The zero-order valence-corrected chi connectivity index (χ0v) is 12.9. The number of nitrogens with zero attached hydrogens (tertiary/aromatic N) is 3. The van der Waals surface area contributed by atoms with E-state index in [1.807, 2.05) is 6.92 Å². The van der Waals surface area contributed by atoms with Crippen LogP contribution in [0.1, 0.15) is 13.3 Å². The van der Waals surface area contributed by atoms with E-state index in [0.717, 1.165) is 13.0 Å². The molecule has 1 aliphatic heterocycles. The fraction of sp³-hybridized carbons (Fsp3) is 0.500. The van der Waals surface area contributed by atoms with E-state index in [0.29, 0.717) is 30.0 Å². The van der Waals surface area contributed by atoms with Crippen molar-refractivity contribution in [3.63, 3.8) is 0 Å². The Hall–Kier alpha value is -2.49. The smallest absolute Gasteiger partial charge is 0.388 e. The fourth-order valence-electron chi connectivity index (χ4n) is 2.33. The molecule has 2 aromatic rings. The molecule has 1 saturated heterocycles. The molecule has 0 saturated carbocycles. The second-order valence-electron chi connectivity index (χ2n) is 5.31. The second-order valence-corrected chi connectivity index (χ2v) is 5.31. The van der Waals surface area contributed by atoms with E-state index in [4.69, 9.17) is 9.47 Å². The van der Waals surface area contributed by atoms with Crippen LogP contribution in [-0.4, -0.2) is 46.1 Å². The van der Waals surface area contributed by atoms with Crippen LogP contribution in [0.5, 0.6) is 11.8 Å². The molecule has 0 radical (unpaired) electrons. The Bertz CT molecular complexity index is 663. The van der Waals surface area contributed by atoms with Crippen LogP contribution in [0.15, 0.2) is 18.5 Å². The SMILES string of the molecule is C[C@H](Oc1cncc(Nc2cc(OC(F)F)n[nH]2)n1)C1CCOC1. The number of alkyl halides is 2. The number of ether oxygens (including phenoxy) is 3. The third-order valence-corrected chi connectivity index (χ3v) is 3.57. The summed E-state index contributed by atoms with van der Waals surface area (Å²) in [5, 5.41) is 8.97. The van der Waals surface area contributed by atoms with E-state index in [1.165, 1.54) is 18.5 Å². The van der Waals surface area contributed by atoms with Gasteiger partial charge < -0.3 is 19.5 Å². The minimum Gasteiger partial charge on any atom is -0.473 e. The zero-order valence-electron chi connectivity index (χ0n) is 12.9. The quantitative estimate of drug-likeness (QED) is 0.798. The maximum atomic E-state index is 12.1. The van der Waals surface area contributed by atoms with Gasteiger partial charge in [0.15, 0.2) is 5.82 Å². The molecule has 0 aromatic carbocycles. The molecule has 0 spiro atoms. The highest BCUT2D eigenvalue weighted by Crippen LogP contribution is 2.22. The first-order valence-corrected chi connectivity index (χ1v) is 7.44. The lowest BCUT2D eigenvalue weighted by Gasteiger charge is -2.18. The number of rotatable bonds is 7. The molecule has 8 nitrogen and oxygen atoms in total. The number of nitrogens with one attached hydrogen (secondary N) is 2. The van der Waals surface area contributed by atoms with Crippen LogP contribution in [0.25, 0.3) is 0 Å². The Morgan fingerprint density at radius 2 is 2.21 bits per heavy atom. The number of halogens is 2. The minimum absolute atomic E-state index is 0.0461. The van der Waals surface area contributed by atoms with Gasteiger partial charge in [-0.1, -0.05) is 0 Å². The summed E-state index contributed by atoms with van der Waals surface area (Å²) in [4.78, 5) is 8.33. The Labute approximate surface area is 136 Å². The van der Waals surface area contributed by atoms with Crippen LogP contribution in [0.2, 0.25) is 0 Å². The summed E-state index contributed by atoms with van der Waals surface area (Å²) in [6.45, 7) is 0.449. The van der Waals surface area contributed by atoms with Gasteiger partial charge in [-0.2, -0.15) is 13.8 Å². The monoisotopic (exact) mass is 341 g/mol. The predicted molar refractivity (Wildman–Crippen MR) is 79.6 cm³/mol. The molecule has 0 amide bonds. The third-order valence-electron chi connectivity index (χ3n) is 3.57. The number of anilines is 2. The zero-order chi connectivity index (χ0) is 16.9. The highest BCUT2D eigenvalue weighted by Gasteiger charge is 2.24. The highest BCUT2D eigenvalue weighted by molar-refractivity contribution is 5.51. The summed E-state index contributed by atoms with van der Waals surface area (Å²) >= 11 is 0. The molecule has 2 aromatic heterocycles. The van der Waals surface area contributed by atoms with Crippen LogP contribution < -0.4 is 14.8 Å². The van der Waals surface area contributed by atoms with Gasteiger partial charge in [0.2, 0.25) is 11.8 Å². The number of aromatic amines is 1. The molecular weight excluding hydrogens is 324 g/mol. The molecular formula is C14H17F2N5O3. The normalized spacial score (nSPS) is 18.6. The Kier molecular flexibility index (Phi) is 5.04. The van der Waals surface area contributed by atoms with Crippen molar-refractivity contribution in [2.45, 2.75) is 26.1 Å². The predicted octanol–water partition coefficient (Wildman–Crippen LogP) is 2.35. The lowest BCUT2D eigenvalue weighted by molar-refractivity contribution is -0.0528. The molecule has 24 heavy (non-hydrogen) atoms. The molecule has 1 unspecified atom stereocenters. The Balaban J connectivity index is 1.61. The minimum atomic E-state index is -2.93. The van der Waals surface area contributed by atoms with Crippen LogP contribution in [0.4, 0.5) is 20.4 Å². The summed E-state index contributed by atoms with van der Waals surface area (Å²) < 4.78 is 39.5. The standard InChI is InChI=1S/C14H17F2N5O3/c1-8(9-2-3-22-7-9)23-13-6-17-5-11(19-13)18-10-4-12(21-20-10)24-14(15)16/h4-6,8-9,14H,2-3,7H2,1H3,(H2,18,19,20,21)/t8-,9?/m0/s1. The van der Waals surface area contributed by atoms with Crippen molar-refractivity contribution < 1.29 is 23.0 Å². The Morgan fingerprint density at radius 3 is 2.96 bits per heavy atom. The van der Waals surface area contributed by atoms with Crippen molar-refractivity contribution >= 4 is 11.6 Å². The van der Waals surface area contributed by atoms with Crippen molar-refractivity contribution in [1.82, 2.24) is 20.2 Å².